The second kappa shape index (κ2) is 9.86. The molecule has 1 heterocycles. The molecule has 160 valence electrons. The molecular weight excluding hydrogens is 427 g/mol. The molecule has 3 rings (SSSR count). The summed E-state index contributed by atoms with van der Waals surface area (Å²) in [6, 6.07) is 11.5. The molecule has 1 N–H and O–H groups in total. The Kier molecular flexibility index (Phi) is 6.99. The van der Waals surface area contributed by atoms with Gasteiger partial charge >= 0.3 is 0 Å². The molecule has 0 bridgehead atoms. The van der Waals surface area contributed by atoms with Gasteiger partial charge in [0.1, 0.15) is 24.9 Å². The van der Waals surface area contributed by atoms with Crippen LogP contribution in [0.5, 0.6) is 23.3 Å². The Labute approximate surface area is 182 Å². The van der Waals surface area contributed by atoms with Crippen molar-refractivity contribution in [3.63, 3.8) is 0 Å². The number of hydrogen-bond acceptors (Lipinski definition) is 7. The topological polar surface area (TPSA) is 94.9 Å². The SMILES string of the molecule is CON=C(C)C(=O)Nc1ccccc1Oc1ncnc(Oc2cccc(Cl)c2C)c1F. The normalized spacial score (nSPS) is 11.1. The number of rotatable bonds is 7. The third-order valence-electron chi connectivity index (χ3n) is 4.05. The van der Waals surface area contributed by atoms with Crippen LogP contribution in [0.2, 0.25) is 5.02 Å². The number of oxime groups is 1. The fraction of sp³-hybridized carbons (Fsp3) is 0.143. The van der Waals surface area contributed by atoms with E-state index in [-0.39, 0.29) is 28.9 Å². The molecule has 3 aromatic rings. The molecule has 0 aliphatic carbocycles. The Balaban J connectivity index is 1.86. The highest BCUT2D eigenvalue weighted by molar-refractivity contribution is 6.42. The number of nitrogens with zero attached hydrogens (tertiary/aromatic N) is 3. The van der Waals surface area contributed by atoms with Gasteiger partial charge in [-0.3, -0.25) is 4.79 Å². The highest BCUT2D eigenvalue weighted by Gasteiger charge is 2.19. The van der Waals surface area contributed by atoms with Gasteiger partial charge in [0.2, 0.25) is 5.82 Å². The number of carbonyl (C=O) groups is 1. The van der Waals surface area contributed by atoms with Crippen LogP contribution in [-0.2, 0) is 9.63 Å². The van der Waals surface area contributed by atoms with E-state index in [1.165, 1.54) is 14.0 Å². The summed E-state index contributed by atoms with van der Waals surface area (Å²) >= 11 is 6.08. The molecular formula is C21H18ClFN4O4. The molecule has 0 aliphatic heterocycles. The zero-order valence-corrected chi connectivity index (χ0v) is 17.6. The van der Waals surface area contributed by atoms with E-state index in [1.54, 1.807) is 49.4 Å². The van der Waals surface area contributed by atoms with E-state index in [0.29, 0.717) is 16.3 Å². The van der Waals surface area contributed by atoms with Crippen molar-refractivity contribution in [2.75, 3.05) is 12.4 Å². The van der Waals surface area contributed by atoms with Crippen molar-refractivity contribution in [3.8, 4) is 23.3 Å². The predicted octanol–water partition coefficient (Wildman–Crippen LogP) is 5.12. The number of para-hydroxylation sites is 2. The summed E-state index contributed by atoms with van der Waals surface area (Å²) in [7, 11) is 1.33. The fourth-order valence-corrected chi connectivity index (χ4v) is 2.60. The molecule has 1 amide bonds. The van der Waals surface area contributed by atoms with Crippen molar-refractivity contribution in [2.45, 2.75) is 13.8 Å². The summed E-state index contributed by atoms with van der Waals surface area (Å²) in [5.41, 5.74) is 1.01. The molecule has 0 spiro atoms. The lowest BCUT2D eigenvalue weighted by Gasteiger charge is -2.13. The van der Waals surface area contributed by atoms with Gasteiger partial charge in [0.05, 0.1) is 5.69 Å². The number of carbonyl (C=O) groups excluding carboxylic acids is 1. The van der Waals surface area contributed by atoms with Gasteiger partial charge in [0.15, 0.2) is 5.75 Å². The van der Waals surface area contributed by atoms with Gasteiger partial charge in [-0.15, -0.1) is 0 Å². The Morgan fingerprint density at radius 3 is 2.42 bits per heavy atom. The summed E-state index contributed by atoms with van der Waals surface area (Å²) in [4.78, 5) is 24.4. The molecule has 31 heavy (non-hydrogen) atoms. The number of aromatic nitrogens is 2. The largest absolute Gasteiger partial charge is 0.436 e. The molecule has 2 aromatic carbocycles. The van der Waals surface area contributed by atoms with Crippen molar-refractivity contribution in [3.05, 3.63) is 65.2 Å². The molecule has 0 radical (unpaired) electrons. The Hall–Kier alpha value is -3.72. The lowest BCUT2D eigenvalue weighted by molar-refractivity contribution is -0.110. The van der Waals surface area contributed by atoms with Crippen LogP contribution >= 0.6 is 11.6 Å². The maximum absolute atomic E-state index is 15.0. The van der Waals surface area contributed by atoms with Gasteiger partial charge < -0.3 is 19.6 Å². The molecule has 8 nitrogen and oxygen atoms in total. The van der Waals surface area contributed by atoms with Crippen LogP contribution < -0.4 is 14.8 Å². The summed E-state index contributed by atoms with van der Waals surface area (Å²) in [5.74, 6) is -1.64. The molecule has 0 unspecified atom stereocenters. The summed E-state index contributed by atoms with van der Waals surface area (Å²) in [5, 5.41) is 6.66. The van der Waals surface area contributed by atoms with Crippen molar-refractivity contribution in [1.29, 1.82) is 0 Å². The smallest absolute Gasteiger partial charge is 0.273 e. The average molecular weight is 445 g/mol. The number of halogens is 2. The molecule has 0 saturated heterocycles. The van der Waals surface area contributed by atoms with Crippen molar-refractivity contribution >= 4 is 28.9 Å². The van der Waals surface area contributed by atoms with E-state index in [0.717, 1.165) is 6.33 Å². The summed E-state index contributed by atoms with van der Waals surface area (Å²) < 4.78 is 26.1. The van der Waals surface area contributed by atoms with Crippen LogP contribution in [0, 0.1) is 12.7 Å². The number of ether oxygens (including phenoxy) is 2. The highest BCUT2D eigenvalue weighted by Crippen LogP contribution is 2.34. The van der Waals surface area contributed by atoms with Gasteiger partial charge in [-0.1, -0.05) is 35.0 Å². The lowest BCUT2D eigenvalue weighted by atomic mass is 10.2. The molecule has 1 aromatic heterocycles. The van der Waals surface area contributed by atoms with E-state index in [1.807, 2.05) is 0 Å². The zero-order valence-electron chi connectivity index (χ0n) is 16.8. The minimum Gasteiger partial charge on any atom is -0.436 e. The van der Waals surface area contributed by atoms with Crippen LogP contribution in [-0.4, -0.2) is 28.7 Å². The van der Waals surface area contributed by atoms with Crippen LogP contribution in [0.25, 0.3) is 0 Å². The first-order valence-electron chi connectivity index (χ1n) is 9.00. The van der Waals surface area contributed by atoms with E-state index >= 15 is 0 Å². The van der Waals surface area contributed by atoms with Gasteiger partial charge in [-0.25, -0.2) is 0 Å². The molecule has 10 heteroatoms. The van der Waals surface area contributed by atoms with Crippen LogP contribution in [0.3, 0.4) is 0 Å². The maximum atomic E-state index is 15.0. The summed E-state index contributed by atoms with van der Waals surface area (Å²) in [6.07, 6.45) is 1.10. The number of hydrogen-bond donors (Lipinski definition) is 1. The third kappa shape index (κ3) is 5.26. The zero-order chi connectivity index (χ0) is 22.4. The quantitative estimate of drug-likeness (QED) is 0.401. The molecule has 0 aliphatic rings. The number of benzene rings is 2. The standard InChI is InChI=1S/C21H18ClFN4O4/c1-12-14(22)7-6-10-16(12)30-20-18(23)21(25-11-24-20)31-17-9-5-4-8-15(17)26-19(28)13(2)27-29-3/h4-11H,1-3H3,(H,26,28). The monoisotopic (exact) mass is 444 g/mol. The highest BCUT2D eigenvalue weighted by atomic mass is 35.5. The molecule has 0 atom stereocenters. The van der Waals surface area contributed by atoms with E-state index in [4.69, 9.17) is 21.1 Å². The lowest BCUT2D eigenvalue weighted by Crippen LogP contribution is -2.20. The van der Waals surface area contributed by atoms with E-state index in [2.05, 4.69) is 25.3 Å². The minimum atomic E-state index is -0.917. The fourth-order valence-electron chi connectivity index (χ4n) is 2.44. The van der Waals surface area contributed by atoms with Gasteiger partial charge in [0, 0.05) is 10.6 Å². The van der Waals surface area contributed by atoms with Crippen molar-refractivity contribution < 1.29 is 23.5 Å². The van der Waals surface area contributed by atoms with Crippen molar-refractivity contribution in [1.82, 2.24) is 9.97 Å². The maximum Gasteiger partial charge on any atom is 0.273 e. The van der Waals surface area contributed by atoms with Crippen molar-refractivity contribution in [2.24, 2.45) is 5.16 Å². The van der Waals surface area contributed by atoms with Gasteiger partial charge in [-0.05, 0) is 38.1 Å². The second-order valence-corrected chi connectivity index (χ2v) is 6.58. The summed E-state index contributed by atoms with van der Waals surface area (Å²) in [6.45, 7) is 3.22. The Morgan fingerprint density at radius 1 is 1.06 bits per heavy atom. The van der Waals surface area contributed by atoms with Crippen LogP contribution in [0.4, 0.5) is 10.1 Å². The first-order chi connectivity index (χ1) is 14.9. The van der Waals surface area contributed by atoms with Gasteiger partial charge in [0.25, 0.3) is 17.7 Å². The number of amides is 1. The Morgan fingerprint density at radius 2 is 1.71 bits per heavy atom. The second-order valence-electron chi connectivity index (χ2n) is 6.17. The predicted molar refractivity (Wildman–Crippen MR) is 114 cm³/mol. The van der Waals surface area contributed by atoms with E-state index in [9.17, 15) is 9.18 Å². The molecule has 0 saturated carbocycles. The van der Waals surface area contributed by atoms with Gasteiger partial charge in [-0.2, -0.15) is 14.4 Å². The Bertz CT molecular complexity index is 1140. The van der Waals surface area contributed by atoms with Crippen LogP contribution in [0.15, 0.2) is 53.9 Å². The number of anilines is 1. The number of nitrogens with one attached hydrogen (secondary N) is 1. The van der Waals surface area contributed by atoms with E-state index < -0.39 is 11.7 Å². The van der Waals surface area contributed by atoms with Crippen LogP contribution in [0.1, 0.15) is 12.5 Å². The molecule has 0 fully saturated rings. The third-order valence-corrected chi connectivity index (χ3v) is 4.46. The first kappa shape index (κ1) is 22.0. The average Bonchev–Trinajstić information content (AvgIpc) is 2.75. The first-order valence-corrected chi connectivity index (χ1v) is 9.38. The minimum absolute atomic E-state index is 0.0955.